The molecule has 0 saturated heterocycles. The molecule has 0 atom stereocenters. The van der Waals surface area contributed by atoms with E-state index in [0.717, 1.165) is 34.2 Å². The zero-order chi connectivity index (χ0) is 30.2. The summed E-state index contributed by atoms with van der Waals surface area (Å²) in [5.41, 5.74) is 2.60. The van der Waals surface area contributed by atoms with Gasteiger partial charge in [0.2, 0.25) is 0 Å². The monoisotopic (exact) mass is 608 g/mol. The predicted octanol–water partition coefficient (Wildman–Crippen LogP) is 5.64. The molecule has 2 aromatic carbocycles. The van der Waals surface area contributed by atoms with Crippen molar-refractivity contribution in [3.05, 3.63) is 115 Å². The van der Waals surface area contributed by atoms with E-state index in [1.54, 1.807) is 13.8 Å². The molecule has 10 nitrogen and oxygen atoms in total. The molecule has 0 aliphatic carbocycles. The maximum absolute atomic E-state index is 13.7. The number of dihydropyridines is 1. The largest absolute Gasteiger partial charge is 0.468 e. The van der Waals surface area contributed by atoms with E-state index in [1.807, 2.05) is 60.7 Å². The van der Waals surface area contributed by atoms with Crippen LogP contribution in [0.25, 0.3) is 0 Å². The second-order valence-electron chi connectivity index (χ2n) is 9.19. The number of nitro groups is 1. The molecule has 4 rings (SSSR count). The van der Waals surface area contributed by atoms with Crippen LogP contribution in [0.3, 0.4) is 0 Å². The van der Waals surface area contributed by atoms with Crippen molar-refractivity contribution in [2.45, 2.75) is 37.9 Å². The number of allylic oxidation sites excluding steroid dienone is 2. The molecule has 0 spiro atoms. The van der Waals surface area contributed by atoms with Crippen molar-refractivity contribution < 1.29 is 33.5 Å². The minimum absolute atomic E-state index is 0.0197. The standard InChI is InChI=1S/C30H28N2O8S2/c1-18-25(29(34)39-15-20-10-6-4-7-11-20)27(28-22(41-17-24(33)38-3)14-23(42-28)32(36)37)26(19(2)31-18)30(35)40-16-21-12-8-5-9-13-21/h4-14,27,31H,15-17H2,1-3H3. The minimum Gasteiger partial charge on any atom is -0.468 e. The van der Waals surface area contributed by atoms with Crippen LogP contribution in [-0.4, -0.2) is 35.7 Å². The van der Waals surface area contributed by atoms with E-state index in [0.29, 0.717) is 21.2 Å². The molecule has 0 radical (unpaired) electrons. The summed E-state index contributed by atoms with van der Waals surface area (Å²) in [6.07, 6.45) is 0. The number of methoxy groups -OCH3 is 1. The Hall–Kier alpha value is -4.42. The number of hydrogen-bond donors (Lipinski definition) is 1. The van der Waals surface area contributed by atoms with Crippen molar-refractivity contribution in [1.82, 2.24) is 5.32 Å². The summed E-state index contributed by atoms with van der Waals surface area (Å²) in [6.45, 7) is 3.30. The highest BCUT2D eigenvalue weighted by molar-refractivity contribution is 8.00. The fraction of sp³-hybridized carbons (Fsp3) is 0.233. The van der Waals surface area contributed by atoms with Crippen LogP contribution in [0.1, 0.15) is 35.8 Å². The molecule has 3 aromatic rings. The van der Waals surface area contributed by atoms with Gasteiger partial charge in [0.15, 0.2) is 0 Å². The predicted molar refractivity (Wildman–Crippen MR) is 157 cm³/mol. The highest BCUT2D eigenvalue weighted by Gasteiger charge is 2.41. The van der Waals surface area contributed by atoms with Gasteiger partial charge in [0.25, 0.3) is 0 Å². The lowest BCUT2D eigenvalue weighted by atomic mass is 9.84. The summed E-state index contributed by atoms with van der Waals surface area (Å²) >= 11 is 1.85. The van der Waals surface area contributed by atoms with Gasteiger partial charge in [0.1, 0.15) is 13.2 Å². The Labute approximate surface area is 250 Å². The van der Waals surface area contributed by atoms with Gasteiger partial charge in [0.05, 0.1) is 34.9 Å². The van der Waals surface area contributed by atoms with Crippen LogP contribution in [0.2, 0.25) is 0 Å². The van der Waals surface area contributed by atoms with Crippen LogP contribution < -0.4 is 5.32 Å². The van der Waals surface area contributed by atoms with Gasteiger partial charge in [-0.2, -0.15) is 0 Å². The average molecular weight is 609 g/mol. The lowest BCUT2D eigenvalue weighted by Crippen LogP contribution is -2.32. The van der Waals surface area contributed by atoms with Crippen LogP contribution >= 0.6 is 23.1 Å². The van der Waals surface area contributed by atoms with Crippen LogP contribution in [0.15, 0.2) is 94.2 Å². The molecule has 0 unspecified atom stereocenters. The Balaban J connectivity index is 1.77. The molecule has 218 valence electrons. The molecule has 42 heavy (non-hydrogen) atoms. The van der Waals surface area contributed by atoms with Gasteiger partial charge in [-0.15, -0.1) is 11.8 Å². The van der Waals surface area contributed by atoms with Gasteiger partial charge in [0, 0.05) is 27.2 Å². The summed E-state index contributed by atoms with van der Waals surface area (Å²) in [6, 6.07) is 19.5. The quantitative estimate of drug-likeness (QED) is 0.0958. The van der Waals surface area contributed by atoms with Gasteiger partial charge >= 0.3 is 22.9 Å². The van der Waals surface area contributed by atoms with Crippen molar-refractivity contribution in [1.29, 1.82) is 0 Å². The SMILES string of the molecule is COC(=O)CSc1cc([N+](=O)[O-])sc1C1C(C(=O)OCc2ccccc2)=C(C)NC(C)=C1C(=O)OCc1ccccc1. The number of carbonyl (C=O) groups excluding carboxylic acids is 3. The summed E-state index contributed by atoms with van der Waals surface area (Å²) in [5, 5.41) is 14.7. The lowest BCUT2D eigenvalue weighted by Gasteiger charge is -2.30. The number of esters is 3. The number of hydrogen-bond acceptors (Lipinski definition) is 11. The molecule has 0 fully saturated rings. The number of thiophene rings is 1. The van der Waals surface area contributed by atoms with Crippen LogP contribution in [0.5, 0.6) is 0 Å². The first-order valence-electron chi connectivity index (χ1n) is 12.8. The molecule has 0 amide bonds. The van der Waals surface area contributed by atoms with Gasteiger partial charge in [-0.25, -0.2) is 9.59 Å². The summed E-state index contributed by atoms with van der Waals surface area (Å²) in [4.78, 5) is 51.3. The van der Waals surface area contributed by atoms with E-state index in [2.05, 4.69) is 5.32 Å². The third-order valence-corrected chi connectivity index (χ3v) is 8.66. The summed E-state index contributed by atoms with van der Waals surface area (Å²) < 4.78 is 16.1. The molecule has 1 aromatic heterocycles. The molecule has 12 heteroatoms. The number of nitrogens with one attached hydrogen (secondary N) is 1. The Bertz CT molecular complexity index is 1470. The van der Waals surface area contributed by atoms with Crippen molar-refractivity contribution in [2.24, 2.45) is 0 Å². The van der Waals surface area contributed by atoms with Crippen LogP contribution in [0, 0.1) is 10.1 Å². The molecular formula is C30H28N2O8S2. The number of carbonyl (C=O) groups is 3. The van der Waals surface area contributed by atoms with E-state index in [-0.39, 0.29) is 35.1 Å². The zero-order valence-corrected chi connectivity index (χ0v) is 24.7. The molecule has 1 N–H and O–H groups in total. The zero-order valence-electron chi connectivity index (χ0n) is 23.1. The number of nitrogens with zero attached hydrogens (tertiary/aromatic N) is 1. The fourth-order valence-electron chi connectivity index (χ4n) is 4.37. The van der Waals surface area contributed by atoms with Gasteiger partial charge in [-0.05, 0) is 25.0 Å². The first kappa shape index (κ1) is 30.5. The molecule has 1 aliphatic rings. The first-order valence-corrected chi connectivity index (χ1v) is 14.6. The van der Waals surface area contributed by atoms with Crippen molar-refractivity contribution in [3.63, 3.8) is 0 Å². The summed E-state index contributed by atoms with van der Waals surface area (Å²) in [5.74, 6) is -3.12. The Morgan fingerprint density at radius 3 is 1.86 bits per heavy atom. The number of thioether (sulfide) groups is 1. The second-order valence-corrected chi connectivity index (χ2v) is 11.3. The highest BCUT2D eigenvalue weighted by atomic mass is 32.2. The van der Waals surface area contributed by atoms with E-state index in [9.17, 15) is 24.5 Å². The van der Waals surface area contributed by atoms with Crippen molar-refractivity contribution in [3.8, 4) is 0 Å². The van der Waals surface area contributed by atoms with Crippen LogP contribution in [-0.2, 0) is 41.8 Å². The highest BCUT2D eigenvalue weighted by Crippen LogP contribution is 2.48. The molecule has 1 aliphatic heterocycles. The molecule has 0 saturated carbocycles. The Morgan fingerprint density at radius 2 is 1.40 bits per heavy atom. The van der Waals surface area contributed by atoms with Crippen molar-refractivity contribution >= 4 is 46.0 Å². The topological polar surface area (TPSA) is 134 Å². The maximum Gasteiger partial charge on any atom is 0.337 e. The van der Waals surface area contributed by atoms with E-state index >= 15 is 0 Å². The lowest BCUT2D eigenvalue weighted by molar-refractivity contribution is -0.380. The normalized spacial score (nSPS) is 13.4. The summed E-state index contributed by atoms with van der Waals surface area (Å²) in [7, 11) is 1.24. The van der Waals surface area contributed by atoms with Gasteiger partial charge in [-0.1, -0.05) is 72.0 Å². The smallest absolute Gasteiger partial charge is 0.337 e. The fourth-order valence-corrected chi connectivity index (χ4v) is 6.59. The van der Waals surface area contributed by atoms with E-state index in [1.165, 1.54) is 13.2 Å². The molecule has 2 heterocycles. The molecular weight excluding hydrogens is 580 g/mol. The second kappa shape index (κ2) is 14.0. The molecule has 0 bridgehead atoms. The van der Waals surface area contributed by atoms with Crippen molar-refractivity contribution in [2.75, 3.05) is 12.9 Å². The van der Waals surface area contributed by atoms with E-state index in [4.69, 9.17) is 14.2 Å². The maximum atomic E-state index is 13.7. The average Bonchev–Trinajstić information content (AvgIpc) is 3.42. The number of benzene rings is 2. The number of ether oxygens (including phenoxy) is 3. The minimum atomic E-state index is -1.06. The third kappa shape index (κ3) is 7.25. The Kier molecular flexibility index (Phi) is 10.2. The first-order chi connectivity index (χ1) is 20.2. The van der Waals surface area contributed by atoms with Gasteiger partial charge < -0.3 is 19.5 Å². The van der Waals surface area contributed by atoms with Crippen LogP contribution in [0.4, 0.5) is 5.00 Å². The third-order valence-electron chi connectivity index (χ3n) is 6.35. The van der Waals surface area contributed by atoms with E-state index < -0.39 is 28.7 Å². The number of rotatable bonds is 11. The Morgan fingerprint density at radius 1 is 0.905 bits per heavy atom. The van der Waals surface area contributed by atoms with Gasteiger partial charge in [-0.3, -0.25) is 14.9 Å².